The Morgan fingerprint density at radius 3 is 2.50 bits per heavy atom. The smallest absolute Gasteiger partial charge is 0.324 e. The standard InChI is InChI=1S/C17H18ClN5O2S/c1-17(2,3)26-15-9-8-13-20-22(16(25)23(13)21-15)10-14(24)19-12-6-4-11(18)5-7-12/h4-9H,10H2,1-3H3,(H,19,24). The van der Waals surface area contributed by atoms with Crippen molar-refractivity contribution in [3.05, 3.63) is 51.9 Å². The molecular weight excluding hydrogens is 374 g/mol. The molecule has 0 unspecified atom stereocenters. The van der Waals surface area contributed by atoms with E-state index in [1.165, 1.54) is 4.52 Å². The average molecular weight is 392 g/mol. The van der Waals surface area contributed by atoms with Gasteiger partial charge in [0.05, 0.1) is 0 Å². The highest BCUT2D eigenvalue weighted by Gasteiger charge is 2.16. The summed E-state index contributed by atoms with van der Waals surface area (Å²) >= 11 is 7.37. The summed E-state index contributed by atoms with van der Waals surface area (Å²) in [4.78, 5) is 24.6. The summed E-state index contributed by atoms with van der Waals surface area (Å²) in [7, 11) is 0. The monoisotopic (exact) mass is 391 g/mol. The lowest BCUT2D eigenvalue weighted by Crippen LogP contribution is -2.28. The van der Waals surface area contributed by atoms with Crippen LogP contribution in [0.3, 0.4) is 0 Å². The fourth-order valence-electron chi connectivity index (χ4n) is 2.23. The Morgan fingerprint density at radius 2 is 1.85 bits per heavy atom. The SMILES string of the molecule is CC(C)(C)Sc1ccc2nn(CC(=O)Nc3ccc(Cl)cc3)c(=O)n2n1. The molecular formula is C17H18ClN5O2S. The van der Waals surface area contributed by atoms with E-state index in [4.69, 9.17) is 11.6 Å². The Kier molecular flexibility index (Phi) is 5.06. The number of thioether (sulfide) groups is 1. The number of hydrogen-bond donors (Lipinski definition) is 1. The van der Waals surface area contributed by atoms with Crippen LogP contribution in [0.4, 0.5) is 5.69 Å². The van der Waals surface area contributed by atoms with Crippen molar-refractivity contribution >= 4 is 40.6 Å². The van der Waals surface area contributed by atoms with Crippen LogP contribution in [0.5, 0.6) is 0 Å². The lowest BCUT2D eigenvalue weighted by atomic mass is 10.3. The van der Waals surface area contributed by atoms with E-state index in [1.807, 2.05) is 6.07 Å². The fraction of sp³-hybridized carbons (Fsp3) is 0.294. The number of nitrogens with zero attached hydrogens (tertiary/aromatic N) is 4. The highest BCUT2D eigenvalue weighted by atomic mass is 35.5. The summed E-state index contributed by atoms with van der Waals surface area (Å²) in [5, 5.41) is 12.5. The minimum absolute atomic E-state index is 0.0290. The Balaban J connectivity index is 1.79. The number of anilines is 1. The van der Waals surface area contributed by atoms with E-state index in [0.717, 1.165) is 9.71 Å². The van der Waals surface area contributed by atoms with Gasteiger partial charge in [0.25, 0.3) is 0 Å². The maximum atomic E-state index is 12.5. The molecule has 0 saturated carbocycles. The second-order valence-corrected chi connectivity index (χ2v) is 8.93. The first-order chi connectivity index (χ1) is 12.2. The maximum Gasteiger partial charge on any atom is 0.367 e. The molecule has 0 radical (unpaired) electrons. The number of rotatable bonds is 4. The number of carbonyl (C=O) groups excluding carboxylic acids is 1. The van der Waals surface area contributed by atoms with Crippen molar-refractivity contribution in [1.82, 2.24) is 19.4 Å². The number of nitrogens with one attached hydrogen (secondary N) is 1. The summed E-state index contributed by atoms with van der Waals surface area (Å²) in [5.74, 6) is -0.359. The second kappa shape index (κ2) is 7.13. The van der Waals surface area contributed by atoms with Crippen LogP contribution in [-0.4, -0.2) is 30.0 Å². The highest BCUT2D eigenvalue weighted by Crippen LogP contribution is 2.29. The lowest BCUT2D eigenvalue weighted by molar-refractivity contribution is -0.117. The van der Waals surface area contributed by atoms with Crippen molar-refractivity contribution in [2.45, 2.75) is 37.1 Å². The number of carbonyl (C=O) groups is 1. The molecule has 1 amide bonds. The Hall–Kier alpha value is -2.32. The van der Waals surface area contributed by atoms with Crippen LogP contribution in [0.25, 0.3) is 5.65 Å². The van der Waals surface area contributed by atoms with Gasteiger partial charge in [0.2, 0.25) is 5.91 Å². The van der Waals surface area contributed by atoms with Gasteiger partial charge >= 0.3 is 5.69 Å². The molecule has 2 aromatic heterocycles. The van der Waals surface area contributed by atoms with Gasteiger partial charge in [0.15, 0.2) is 5.65 Å². The first-order valence-corrected chi connectivity index (χ1v) is 9.12. The van der Waals surface area contributed by atoms with Gasteiger partial charge in [-0.25, -0.2) is 9.48 Å². The molecule has 26 heavy (non-hydrogen) atoms. The number of halogens is 1. The van der Waals surface area contributed by atoms with Crippen molar-refractivity contribution in [2.75, 3.05) is 5.32 Å². The van der Waals surface area contributed by atoms with E-state index in [1.54, 1.807) is 42.1 Å². The highest BCUT2D eigenvalue weighted by molar-refractivity contribution is 8.00. The fourth-order valence-corrected chi connectivity index (χ4v) is 3.24. The Bertz CT molecular complexity index is 1000. The predicted octanol–water partition coefficient (Wildman–Crippen LogP) is 3.07. The van der Waals surface area contributed by atoms with Crippen LogP contribution in [0.2, 0.25) is 5.02 Å². The molecule has 7 nitrogen and oxygen atoms in total. The number of benzene rings is 1. The van der Waals surface area contributed by atoms with Gasteiger partial charge in [-0.3, -0.25) is 4.79 Å². The Labute approximate surface area is 159 Å². The zero-order valence-corrected chi connectivity index (χ0v) is 16.1. The summed E-state index contributed by atoms with van der Waals surface area (Å²) in [6.07, 6.45) is 0. The van der Waals surface area contributed by atoms with Gasteiger partial charge < -0.3 is 5.32 Å². The largest absolute Gasteiger partial charge is 0.367 e. The number of aromatic nitrogens is 4. The van der Waals surface area contributed by atoms with E-state index in [-0.39, 0.29) is 17.2 Å². The third-order valence-electron chi connectivity index (χ3n) is 3.25. The van der Waals surface area contributed by atoms with E-state index >= 15 is 0 Å². The second-order valence-electron chi connectivity index (χ2n) is 6.65. The molecule has 3 rings (SSSR count). The van der Waals surface area contributed by atoms with Gasteiger partial charge in [-0.05, 0) is 36.4 Å². The molecule has 0 spiro atoms. The minimum Gasteiger partial charge on any atom is -0.324 e. The quantitative estimate of drug-likeness (QED) is 0.691. The van der Waals surface area contributed by atoms with Crippen LogP contribution in [0, 0.1) is 0 Å². The molecule has 0 bridgehead atoms. The summed E-state index contributed by atoms with van der Waals surface area (Å²) in [6.45, 7) is 6.00. The molecule has 0 aliphatic rings. The first kappa shape index (κ1) is 18.5. The molecule has 1 aromatic carbocycles. The van der Waals surface area contributed by atoms with Gasteiger partial charge in [-0.15, -0.1) is 5.10 Å². The molecule has 2 heterocycles. The topological polar surface area (TPSA) is 81.3 Å². The van der Waals surface area contributed by atoms with Crippen molar-refractivity contribution in [3.63, 3.8) is 0 Å². The number of fused-ring (bicyclic) bond motifs is 1. The van der Waals surface area contributed by atoms with Crippen LogP contribution in [-0.2, 0) is 11.3 Å². The van der Waals surface area contributed by atoms with Crippen molar-refractivity contribution in [3.8, 4) is 0 Å². The number of amides is 1. The van der Waals surface area contributed by atoms with Crippen LogP contribution >= 0.6 is 23.4 Å². The molecule has 0 fully saturated rings. The van der Waals surface area contributed by atoms with Crippen molar-refractivity contribution < 1.29 is 4.79 Å². The molecule has 0 saturated heterocycles. The zero-order valence-electron chi connectivity index (χ0n) is 14.6. The molecule has 136 valence electrons. The van der Waals surface area contributed by atoms with Gasteiger partial charge in [0.1, 0.15) is 11.6 Å². The molecule has 0 atom stereocenters. The van der Waals surface area contributed by atoms with Crippen LogP contribution in [0.15, 0.2) is 46.2 Å². The first-order valence-electron chi connectivity index (χ1n) is 7.93. The van der Waals surface area contributed by atoms with Gasteiger partial charge in [-0.1, -0.05) is 44.1 Å². The van der Waals surface area contributed by atoms with Crippen molar-refractivity contribution in [2.24, 2.45) is 0 Å². The normalized spacial score (nSPS) is 11.7. The predicted molar refractivity (Wildman–Crippen MR) is 103 cm³/mol. The summed E-state index contributed by atoms with van der Waals surface area (Å²) in [6, 6.07) is 10.2. The minimum atomic E-state index is -0.456. The van der Waals surface area contributed by atoms with Crippen LogP contribution in [0.1, 0.15) is 20.8 Å². The van der Waals surface area contributed by atoms with E-state index in [9.17, 15) is 9.59 Å². The molecule has 0 aliphatic carbocycles. The molecule has 9 heteroatoms. The van der Waals surface area contributed by atoms with Crippen LogP contribution < -0.4 is 11.0 Å². The number of hydrogen-bond acceptors (Lipinski definition) is 5. The third kappa shape index (κ3) is 4.44. The van der Waals surface area contributed by atoms with E-state index in [2.05, 4.69) is 36.3 Å². The zero-order chi connectivity index (χ0) is 18.9. The van der Waals surface area contributed by atoms with E-state index in [0.29, 0.717) is 16.4 Å². The lowest BCUT2D eigenvalue weighted by Gasteiger charge is -2.16. The third-order valence-corrected chi connectivity index (χ3v) is 4.54. The Morgan fingerprint density at radius 1 is 1.15 bits per heavy atom. The summed E-state index contributed by atoms with van der Waals surface area (Å²) < 4.78 is 2.28. The molecule has 0 aliphatic heterocycles. The van der Waals surface area contributed by atoms with Crippen molar-refractivity contribution in [1.29, 1.82) is 0 Å². The molecule has 1 N–H and O–H groups in total. The molecule has 3 aromatic rings. The van der Waals surface area contributed by atoms with E-state index < -0.39 is 5.69 Å². The van der Waals surface area contributed by atoms with Gasteiger partial charge in [0, 0.05) is 15.5 Å². The average Bonchev–Trinajstić information content (AvgIpc) is 2.84. The summed E-state index contributed by atoms with van der Waals surface area (Å²) in [5.41, 5.74) is 0.536. The van der Waals surface area contributed by atoms with Gasteiger partial charge in [-0.2, -0.15) is 9.61 Å². The maximum absolute atomic E-state index is 12.5.